The highest BCUT2D eigenvalue weighted by Crippen LogP contribution is 2.12. The Labute approximate surface area is 115 Å². The Bertz CT molecular complexity index is 241. The van der Waals surface area contributed by atoms with E-state index < -0.39 is 17.3 Å². The number of carbonyl (C=O) groups is 2. The van der Waals surface area contributed by atoms with Crippen LogP contribution >= 0.6 is 11.6 Å². The van der Waals surface area contributed by atoms with Gasteiger partial charge in [0.15, 0.2) is 0 Å². The molecule has 1 unspecified atom stereocenters. The molecule has 0 spiro atoms. The van der Waals surface area contributed by atoms with E-state index in [0.29, 0.717) is 12.8 Å². The Morgan fingerprint density at radius 1 is 1.00 bits per heavy atom. The molecule has 0 aromatic heterocycles. The molecule has 0 heterocycles. The van der Waals surface area contributed by atoms with Crippen molar-refractivity contribution in [2.45, 2.75) is 77.0 Å². The Morgan fingerprint density at radius 2 is 1.61 bits per heavy atom. The molecule has 0 aromatic carbocycles. The molecule has 0 aliphatic carbocycles. The predicted molar refractivity (Wildman–Crippen MR) is 73.6 cm³/mol. The molecule has 0 rings (SSSR count). The van der Waals surface area contributed by atoms with Gasteiger partial charge in [0, 0.05) is 6.42 Å². The van der Waals surface area contributed by atoms with E-state index in [4.69, 9.17) is 16.3 Å². The quantitative estimate of drug-likeness (QED) is 0.260. The largest absolute Gasteiger partial charge is 0.392 e. The van der Waals surface area contributed by atoms with E-state index in [1.54, 1.807) is 0 Å². The van der Waals surface area contributed by atoms with E-state index in [1.807, 2.05) is 0 Å². The molecule has 4 heteroatoms. The molecule has 0 aromatic rings. The Kier molecular flexibility index (Phi) is 11.2. The summed E-state index contributed by atoms with van der Waals surface area (Å²) in [6.07, 6.45) is 7.91. The van der Waals surface area contributed by atoms with Crippen LogP contribution in [0.5, 0.6) is 0 Å². The number of carbonyl (C=O) groups excluding carboxylic acids is 2. The van der Waals surface area contributed by atoms with Crippen LogP contribution in [0.3, 0.4) is 0 Å². The van der Waals surface area contributed by atoms with E-state index in [9.17, 15) is 9.59 Å². The third-order valence-corrected chi connectivity index (χ3v) is 3.16. The third-order valence-electron chi connectivity index (χ3n) is 2.77. The van der Waals surface area contributed by atoms with Crippen LogP contribution in [0, 0.1) is 0 Å². The highest BCUT2D eigenvalue weighted by molar-refractivity contribution is 6.30. The van der Waals surface area contributed by atoms with Crippen molar-refractivity contribution in [1.82, 2.24) is 0 Å². The van der Waals surface area contributed by atoms with Crippen molar-refractivity contribution in [3.63, 3.8) is 0 Å². The Hall–Kier alpha value is -0.570. The summed E-state index contributed by atoms with van der Waals surface area (Å²) in [6, 6.07) is 0. The van der Waals surface area contributed by atoms with Crippen LogP contribution in [0.4, 0.5) is 0 Å². The maximum atomic E-state index is 11.5. The maximum Gasteiger partial charge on any atom is 0.331 e. The highest BCUT2D eigenvalue weighted by Gasteiger charge is 2.19. The molecule has 0 aliphatic heterocycles. The highest BCUT2D eigenvalue weighted by atomic mass is 35.5. The first-order chi connectivity index (χ1) is 8.61. The van der Waals surface area contributed by atoms with Crippen molar-refractivity contribution < 1.29 is 14.3 Å². The first kappa shape index (κ1) is 17.4. The van der Waals surface area contributed by atoms with Crippen molar-refractivity contribution in [3.05, 3.63) is 0 Å². The standard InChI is InChI=1S/C14H25ClO3/c1-3-5-7-9-11-13(16)18-14(17)12(15)10-8-6-4-2/h12H,3-11H2,1-2H3. The maximum absolute atomic E-state index is 11.5. The fourth-order valence-corrected chi connectivity index (χ4v) is 1.81. The van der Waals surface area contributed by atoms with Crippen molar-refractivity contribution in [2.24, 2.45) is 0 Å². The van der Waals surface area contributed by atoms with Crippen LogP contribution in [-0.4, -0.2) is 17.3 Å². The van der Waals surface area contributed by atoms with Gasteiger partial charge in [-0.05, 0) is 12.8 Å². The molecule has 0 saturated heterocycles. The summed E-state index contributed by atoms with van der Waals surface area (Å²) in [5.41, 5.74) is 0. The summed E-state index contributed by atoms with van der Waals surface area (Å²) in [4.78, 5) is 22.8. The van der Waals surface area contributed by atoms with Gasteiger partial charge in [-0.2, -0.15) is 0 Å². The van der Waals surface area contributed by atoms with E-state index in [2.05, 4.69) is 13.8 Å². The molecule has 106 valence electrons. The number of esters is 2. The molecular formula is C14H25ClO3. The van der Waals surface area contributed by atoms with Gasteiger partial charge < -0.3 is 4.74 Å². The molecule has 0 radical (unpaired) electrons. The lowest BCUT2D eigenvalue weighted by Gasteiger charge is -2.08. The smallest absolute Gasteiger partial charge is 0.331 e. The Balaban J connectivity index is 3.68. The van der Waals surface area contributed by atoms with Gasteiger partial charge in [-0.1, -0.05) is 52.4 Å². The summed E-state index contributed by atoms with van der Waals surface area (Å²) < 4.78 is 4.71. The Morgan fingerprint density at radius 3 is 2.22 bits per heavy atom. The number of unbranched alkanes of at least 4 members (excludes halogenated alkanes) is 5. The zero-order chi connectivity index (χ0) is 13.8. The zero-order valence-electron chi connectivity index (χ0n) is 11.5. The second-order valence-corrected chi connectivity index (χ2v) is 5.09. The number of hydrogen-bond acceptors (Lipinski definition) is 3. The average molecular weight is 277 g/mol. The van der Waals surface area contributed by atoms with Crippen LogP contribution in [0.2, 0.25) is 0 Å². The number of ether oxygens (including phenoxy) is 1. The summed E-state index contributed by atoms with van der Waals surface area (Å²) >= 11 is 5.87. The van der Waals surface area contributed by atoms with Crippen molar-refractivity contribution >= 4 is 23.5 Å². The number of rotatable bonds is 10. The second-order valence-electron chi connectivity index (χ2n) is 4.57. The molecule has 0 aliphatic rings. The van der Waals surface area contributed by atoms with Gasteiger partial charge in [-0.3, -0.25) is 4.79 Å². The zero-order valence-corrected chi connectivity index (χ0v) is 12.3. The van der Waals surface area contributed by atoms with Gasteiger partial charge in [0.25, 0.3) is 0 Å². The fourth-order valence-electron chi connectivity index (χ4n) is 1.61. The van der Waals surface area contributed by atoms with Crippen LogP contribution in [-0.2, 0) is 14.3 Å². The SMILES string of the molecule is CCCCCCC(=O)OC(=O)C(Cl)CCCCC. The van der Waals surface area contributed by atoms with Crippen LogP contribution in [0.15, 0.2) is 0 Å². The van der Waals surface area contributed by atoms with Crippen molar-refractivity contribution in [2.75, 3.05) is 0 Å². The lowest BCUT2D eigenvalue weighted by Crippen LogP contribution is -2.21. The molecule has 0 N–H and O–H groups in total. The minimum Gasteiger partial charge on any atom is -0.392 e. The molecule has 18 heavy (non-hydrogen) atoms. The first-order valence-electron chi connectivity index (χ1n) is 7.00. The number of hydrogen-bond donors (Lipinski definition) is 0. The topological polar surface area (TPSA) is 43.4 Å². The van der Waals surface area contributed by atoms with Crippen LogP contribution in [0.1, 0.15) is 71.6 Å². The van der Waals surface area contributed by atoms with Gasteiger partial charge in [-0.15, -0.1) is 11.6 Å². The molecule has 0 fully saturated rings. The first-order valence-corrected chi connectivity index (χ1v) is 7.44. The minimum atomic E-state index is -0.684. The minimum absolute atomic E-state index is 0.310. The lowest BCUT2D eigenvalue weighted by atomic mass is 10.1. The van der Waals surface area contributed by atoms with E-state index in [-0.39, 0.29) is 0 Å². The molecular weight excluding hydrogens is 252 g/mol. The van der Waals surface area contributed by atoms with Gasteiger partial charge in [0.1, 0.15) is 5.38 Å². The summed E-state index contributed by atoms with van der Waals surface area (Å²) in [7, 11) is 0. The lowest BCUT2D eigenvalue weighted by molar-refractivity contribution is -0.159. The fraction of sp³-hybridized carbons (Fsp3) is 0.857. The third kappa shape index (κ3) is 9.46. The summed E-state index contributed by atoms with van der Waals surface area (Å²) in [5.74, 6) is -1.04. The predicted octanol–water partition coefficient (Wildman–Crippen LogP) is 4.21. The van der Waals surface area contributed by atoms with Crippen LogP contribution < -0.4 is 0 Å². The van der Waals surface area contributed by atoms with Gasteiger partial charge in [-0.25, -0.2) is 4.79 Å². The molecule has 0 saturated carbocycles. The van der Waals surface area contributed by atoms with E-state index in [0.717, 1.165) is 44.9 Å². The van der Waals surface area contributed by atoms with Crippen LogP contribution in [0.25, 0.3) is 0 Å². The molecule has 0 bridgehead atoms. The number of halogens is 1. The molecule has 1 atom stereocenters. The summed E-state index contributed by atoms with van der Waals surface area (Å²) in [5, 5.41) is -0.684. The van der Waals surface area contributed by atoms with E-state index in [1.165, 1.54) is 0 Å². The normalized spacial score (nSPS) is 12.2. The van der Waals surface area contributed by atoms with Gasteiger partial charge in [0.05, 0.1) is 0 Å². The number of alkyl halides is 1. The van der Waals surface area contributed by atoms with Crippen molar-refractivity contribution in [1.29, 1.82) is 0 Å². The van der Waals surface area contributed by atoms with E-state index >= 15 is 0 Å². The van der Waals surface area contributed by atoms with Gasteiger partial charge in [0.2, 0.25) is 0 Å². The average Bonchev–Trinajstić information content (AvgIpc) is 2.34. The molecule has 3 nitrogen and oxygen atoms in total. The summed E-state index contributed by atoms with van der Waals surface area (Å²) in [6.45, 7) is 4.19. The van der Waals surface area contributed by atoms with Gasteiger partial charge >= 0.3 is 11.9 Å². The monoisotopic (exact) mass is 276 g/mol. The molecule has 0 amide bonds. The van der Waals surface area contributed by atoms with Crippen molar-refractivity contribution in [3.8, 4) is 0 Å². The second kappa shape index (κ2) is 11.5.